The van der Waals surface area contributed by atoms with Crippen molar-refractivity contribution < 1.29 is 4.74 Å². The van der Waals surface area contributed by atoms with Crippen molar-refractivity contribution in [3.05, 3.63) is 64.2 Å². The van der Waals surface area contributed by atoms with Crippen molar-refractivity contribution in [1.29, 1.82) is 0 Å². The molecule has 1 N–H and O–H groups in total. The first-order valence-corrected chi connectivity index (χ1v) is 8.07. The predicted octanol–water partition coefficient (Wildman–Crippen LogP) is 5.61. The second kappa shape index (κ2) is 10.3. The Kier molecular flexibility index (Phi) is 8.64. The smallest absolute Gasteiger partial charge is 0.0437 e. The van der Waals surface area contributed by atoms with Crippen molar-refractivity contribution in [2.45, 2.75) is 34.2 Å². The van der Waals surface area contributed by atoms with Crippen molar-refractivity contribution in [2.24, 2.45) is 0 Å². The standard InChI is InChI=1S/C15H16ClN.C4H10O/c1-11-7-12(2)9-15(8-11)17-10-13-3-5-14(16)6-4-13;1-3-5-4-2/h3-9,17H,10H2,1-2H3;3-4H2,1-2H3. The van der Waals surface area contributed by atoms with Crippen LogP contribution < -0.4 is 5.32 Å². The molecule has 0 radical (unpaired) electrons. The summed E-state index contributed by atoms with van der Waals surface area (Å²) in [4.78, 5) is 0. The lowest BCUT2D eigenvalue weighted by Crippen LogP contribution is -1.99. The van der Waals surface area contributed by atoms with Gasteiger partial charge in [0, 0.05) is 30.5 Å². The van der Waals surface area contributed by atoms with Crippen LogP contribution in [0.4, 0.5) is 5.69 Å². The zero-order valence-electron chi connectivity index (χ0n) is 13.9. The molecule has 0 spiro atoms. The highest BCUT2D eigenvalue weighted by molar-refractivity contribution is 6.30. The Morgan fingerprint density at radius 1 is 0.909 bits per heavy atom. The number of nitrogens with one attached hydrogen (secondary N) is 1. The Morgan fingerprint density at radius 2 is 1.45 bits per heavy atom. The van der Waals surface area contributed by atoms with Gasteiger partial charge in [-0.3, -0.25) is 0 Å². The molecule has 0 bridgehead atoms. The van der Waals surface area contributed by atoms with E-state index < -0.39 is 0 Å². The first-order valence-electron chi connectivity index (χ1n) is 7.69. The van der Waals surface area contributed by atoms with Crippen molar-refractivity contribution in [2.75, 3.05) is 18.5 Å². The summed E-state index contributed by atoms with van der Waals surface area (Å²) in [5.41, 5.74) is 4.96. The molecule has 0 aliphatic heterocycles. The van der Waals surface area contributed by atoms with E-state index in [1.807, 2.05) is 38.1 Å². The summed E-state index contributed by atoms with van der Waals surface area (Å²) in [6.45, 7) is 10.7. The zero-order chi connectivity index (χ0) is 16.4. The highest BCUT2D eigenvalue weighted by Gasteiger charge is 1.96. The quantitative estimate of drug-likeness (QED) is 0.773. The highest BCUT2D eigenvalue weighted by Crippen LogP contribution is 2.15. The molecule has 2 aromatic rings. The summed E-state index contributed by atoms with van der Waals surface area (Å²) in [5.74, 6) is 0. The van der Waals surface area contributed by atoms with Gasteiger partial charge in [0.25, 0.3) is 0 Å². The van der Waals surface area contributed by atoms with Crippen LogP contribution in [-0.2, 0) is 11.3 Å². The van der Waals surface area contributed by atoms with E-state index in [1.165, 1.54) is 16.7 Å². The van der Waals surface area contributed by atoms with Gasteiger partial charge in [-0.15, -0.1) is 0 Å². The molecule has 2 nitrogen and oxygen atoms in total. The van der Waals surface area contributed by atoms with Gasteiger partial charge >= 0.3 is 0 Å². The van der Waals surface area contributed by atoms with Crippen LogP contribution in [-0.4, -0.2) is 13.2 Å². The van der Waals surface area contributed by atoms with Gasteiger partial charge in [-0.05, 0) is 68.7 Å². The largest absolute Gasteiger partial charge is 0.382 e. The third-order valence-corrected chi connectivity index (χ3v) is 3.29. The SMILES string of the molecule is CCOCC.Cc1cc(C)cc(NCc2ccc(Cl)cc2)c1. The average Bonchev–Trinajstić information content (AvgIpc) is 2.47. The molecule has 0 saturated heterocycles. The molecule has 0 amide bonds. The molecule has 0 fully saturated rings. The molecule has 2 rings (SSSR count). The maximum absolute atomic E-state index is 5.85. The monoisotopic (exact) mass is 319 g/mol. The number of hydrogen-bond donors (Lipinski definition) is 1. The fourth-order valence-electron chi connectivity index (χ4n) is 2.09. The van der Waals surface area contributed by atoms with Gasteiger partial charge in [-0.2, -0.15) is 0 Å². The van der Waals surface area contributed by atoms with E-state index in [4.69, 9.17) is 16.3 Å². The summed E-state index contributed by atoms with van der Waals surface area (Å²) in [6, 6.07) is 14.4. The number of hydrogen-bond acceptors (Lipinski definition) is 2. The molecular weight excluding hydrogens is 294 g/mol. The molecule has 0 heterocycles. The van der Waals surface area contributed by atoms with E-state index in [2.05, 4.69) is 37.4 Å². The van der Waals surface area contributed by atoms with Crippen LogP contribution in [0, 0.1) is 13.8 Å². The van der Waals surface area contributed by atoms with E-state index >= 15 is 0 Å². The van der Waals surface area contributed by atoms with Crippen molar-refractivity contribution in [3.63, 3.8) is 0 Å². The first-order chi connectivity index (χ1) is 10.5. The minimum Gasteiger partial charge on any atom is -0.382 e. The second-order valence-corrected chi connectivity index (χ2v) is 5.57. The number of benzene rings is 2. The maximum atomic E-state index is 5.85. The zero-order valence-corrected chi connectivity index (χ0v) is 14.7. The normalized spacial score (nSPS) is 9.86. The second-order valence-electron chi connectivity index (χ2n) is 5.14. The molecular formula is C19H26ClNO. The molecule has 120 valence electrons. The van der Waals surface area contributed by atoms with Gasteiger partial charge in [0.2, 0.25) is 0 Å². The summed E-state index contributed by atoms with van der Waals surface area (Å²) in [7, 11) is 0. The summed E-state index contributed by atoms with van der Waals surface area (Å²) in [5, 5.41) is 4.20. The maximum Gasteiger partial charge on any atom is 0.0437 e. The van der Waals surface area contributed by atoms with E-state index in [0.29, 0.717) is 0 Å². The number of halogens is 1. The average molecular weight is 320 g/mol. The minimum atomic E-state index is 0.778. The number of anilines is 1. The number of ether oxygens (including phenoxy) is 1. The Morgan fingerprint density at radius 3 is 1.91 bits per heavy atom. The Hall–Kier alpha value is -1.51. The Balaban J connectivity index is 0.000000422. The van der Waals surface area contributed by atoms with Crippen LogP contribution in [0.2, 0.25) is 5.02 Å². The number of rotatable bonds is 5. The summed E-state index contributed by atoms with van der Waals surface area (Å²) < 4.78 is 4.83. The fourth-order valence-corrected chi connectivity index (χ4v) is 2.21. The highest BCUT2D eigenvalue weighted by atomic mass is 35.5. The third-order valence-electron chi connectivity index (χ3n) is 3.04. The number of aryl methyl sites for hydroxylation is 2. The van der Waals surface area contributed by atoms with E-state index in [9.17, 15) is 0 Å². The van der Waals surface area contributed by atoms with Crippen molar-refractivity contribution in [1.82, 2.24) is 0 Å². The van der Waals surface area contributed by atoms with Gasteiger partial charge in [0.15, 0.2) is 0 Å². The molecule has 0 saturated carbocycles. The van der Waals surface area contributed by atoms with Gasteiger partial charge in [-0.25, -0.2) is 0 Å². The van der Waals surface area contributed by atoms with Crippen LogP contribution in [0.1, 0.15) is 30.5 Å². The minimum absolute atomic E-state index is 0.778. The molecule has 2 aromatic carbocycles. The third kappa shape index (κ3) is 7.48. The lowest BCUT2D eigenvalue weighted by atomic mass is 10.1. The first kappa shape index (κ1) is 18.5. The lowest BCUT2D eigenvalue weighted by Gasteiger charge is -2.08. The molecule has 0 atom stereocenters. The van der Waals surface area contributed by atoms with Crippen molar-refractivity contribution >= 4 is 17.3 Å². The molecule has 3 heteroatoms. The van der Waals surface area contributed by atoms with Crippen LogP contribution in [0.3, 0.4) is 0 Å². The van der Waals surface area contributed by atoms with E-state index in [1.54, 1.807) is 0 Å². The molecule has 0 aliphatic carbocycles. The van der Waals surface area contributed by atoms with Crippen LogP contribution in [0.15, 0.2) is 42.5 Å². The topological polar surface area (TPSA) is 21.3 Å². The van der Waals surface area contributed by atoms with Gasteiger partial charge in [0.1, 0.15) is 0 Å². The Bertz CT molecular complexity index is 530. The molecule has 0 unspecified atom stereocenters. The lowest BCUT2D eigenvalue weighted by molar-refractivity contribution is 0.162. The molecule has 0 aromatic heterocycles. The van der Waals surface area contributed by atoms with E-state index in [-0.39, 0.29) is 0 Å². The van der Waals surface area contributed by atoms with E-state index in [0.717, 1.165) is 30.5 Å². The summed E-state index contributed by atoms with van der Waals surface area (Å²) >= 11 is 5.85. The van der Waals surface area contributed by atoms with Gasteiger partial charge in [-0.1, -0.05) is 29.8 Å². The predicted molar refractivity (Wildman–Crippen MR) is 96.9 cm³/mol. The van der Waals surface area contributed by atoms with Gasteiger partial charge < -0.3 is 10.1 Å². The van der Waals surface area contributed by atoms with Gasteiger partial charge in [0.05, 0.1) is 0 Å². The summed E-state index contributed by atoms with van der Waals surface area (Å²) in [6.07, 6.45) is 0. The molecule has 22 heavy (non-hydrogen) atoms. The Labute approximate surface area is 139 Å². The van der Waals surface area contributed by atoms with Crippen LogP contribution >= 0.6 is 11.6 Å². The molecule has 0 aliphatic rings. The van der Waals surface area contributed by atoms with Crippen LogP contribution in [0.25, 0.3) is 0 Å². The fraction of sp³-hybridized carbons (Fsp3) is 0.368. The van der Waals surface area contributed by atoms with Crippen molar-refractivity contribution in [3.8, 4) is 0 Å². The van der Waals surface area contributed by atoms with Crippen LogP contribution in [0.5, 0.6) is 0 Å².